The predicted octanol–water partition coefficient (Wildman–Crippen LogP) is 3.04. The van der Waals surface area contributed by atoms with Gasteiger partial charge in [0.05, 0.1) is 6.61 Å². The molecule has 1 aliphatic rings. The van der Waals surface area contributed by atoms with Gasteiger partial charge in [0.2, 0.25) is 0 Å². The minimum Gasteiger partial charge on any atom is -0.383 e. The summed E-state index contributed by atoms with van der Waals surface area (Å²) in [4.78, 5) is 2.41. The van der Waals surface area contributed by atoms with Gasteiger partial charge in [-0.15, -0.1) is 0 Å². The van der Waals surface area contributed by atoms with Crippen molar-refractivity contribution in [2.45, 2.75) is 26.8 Å². The first kappa shape index (κ1) is 16.2. The average Bonchev–Trinajstić information content (AvgIpc) is 2.42. The van der Waals surface area contributed by atoms with Gasteiger partial charge >= 0.3 is 0 Å². The molecule has 1 heterocycles. The van der Waals surface area contributed by atoms with Crippen LogP contribution in [0.3, 0.4) is 0 Å². The van der Waals surface area contributed by atoms with E-state index in [0.717, 1.165) is 25.2 Å². The predicted molar refractivity (Wildman–Crippen MR) is 85.1 cm³/mol. The van der Waals surface area contributed by atoms with Crippen molar-refractivity contribution >= 4 is 5.69 Å². The Morgan fingerprint density at radius 3 is 2.67 bits per heavy atom. The summed E-state index contributed by atoms with van der Waals surface area (Å²) in [6, 6.07) is 5.14. The third-order valence-electron chi connectivity index (χ3n) is 4.05. The van der Waals surface area contributed by atoms with Crippen molar-refractivity contribution in [2.75, 3.05) is 38.3 Å². The number of hydrogen-bond acceptors (Lipinski definition) is 3. The van der Waals surface area contributed by atoms with E-state index in [1.54, 1.807) is 19.2 Å². The molecule has 21 heavy (non-hydrogen) atoms. The number of anilines is 1. The van der Waals surface area contributed by atoms with Crippen LogP contribution in [0.5, 0.6) is 0 Å². The summed E-state index contributed by atoms with van der Waals surface area (Å²) in [5.74, 6) is 1.21. The molecule has 2 rings (SSSR count). The van der Waals surface area contributed by atoms with E-state index >= 15 is 0 Å². The molecule has 1 aromatic rings. The summed E-state index contributed by atoms with van der Waals surface area (Å²) in [6.45, 7) is 8.82. The first-order valence-corrected chi connectivity index (χ1v) is 7.83. The standard InChI is InChI=1S/C17H27FN2O/c1-13-8-14(2)12-20(11-13)17-5-4-16(18)9-15(17)10-19-6-7-21-3/h4-5,9,13-14,19H,6-8,10-12H2,1-3H3. The average molecular weight is 294 g/mol. The number of benzene rings is 1. The Morgan fingerprint density at radius 2 is 2.00 bits per heavy atom. The highest BCUT2D eigenvalue weighted by molar-refractivity contribution is 5.54. The van der Waals surface area contributed by atoms with Crippen molar-refractivity contribution in [3.63, 3.8) is 0 Å². The lowest BCUT2D eigenvalue weighted by molar-refractivity contribution is 0.199. The van der Waals surface area contributed by atoms with Gasteiger partial charge in [-0.3, -0.25) is 0 Å². The molecule has 1 saturated heterocycles. The third kappa shape index (κ3) is 4.68. The van der Waals surface area contributed by atoms with E-state index in [2.05, 4.69) is 24.1 Å². The first-order chi connectivity index (χ1) is 10.1. The highest BCUT2D eigenvalue weighted by Crippen LogP contribution is 2.29. The molecule has 2 unspecified atom stereocenters. The largest absolute Gasteiger partial charge is 0.383 e. The number of piperidine rings is 1. The Morgan fingerprint density at radius 1 is 1.29 bits per heavy atom. The lowest BCUT2D eigenvalue weighted by atomic mass is 9.91. The molecule has 118 valence electrons. The lowest BCUT2D eigenvalue weighted by Gasteiger charge is -2.37. The Balaban J connectivity index is 2.10. The number of halogens is 1. The Kier molecular flexibility index (Phi) is 6.00. The van der Waals surface area contributed by atoms with Crippen LogP contribution in [-0.2, 0) is 11.3 Å². The molecule has 0 saturated carbocycles. The minimum atomic E-state index is -0.166. The molecule has 0 spiro atoms. The van der Waals surface area contributed by atoms with E-state index in [-0.39, 0.29) is 5.82 Å². The fourth-order valence-corrected chi connectivity index (χ4v) is 3.26. The quantitative estimate of drug-likeness (QED) is 0.816. The number of ether oxygens (including phenoxy) is 1. The number of hydrogen-bond donors (Lipinski definition) is 1. The number of nitrogens with zero attached hydrogens (tertiary/aromatic N) is 1. The van der Waals surface area contributed by atoms with Crippen LogP contribution < -0.4 is 10.2 Å². The van der Waals surface area contributed by atoms with Crippen molar-refractivity contribution in [3.8, 4) is 0 Å². The fourth-order valence-electron chi connectivity index (χ4n) is 3.26. The topological polar surface area (TPSA) is 24.5 Å². The normalized spacial score (nSPS) is 22.6. The molecular weight excluding hydrogens is 267 g/mol. The van der Waals surface area contributed by atoms with E-state index in [1.165, 1.54) is 12.1 Å². The van der Waals surface area contributed by atoms with Crippen LogP contribution in [-0.4, -0.2) is 33.4 Å². The van der Waals surface area contributed by atoms with E-state index < -0.39 is 0 Å². The van der Waals surface area contributed by atoms with Gasteiger partial charge in [-0.25, -0.2) is 4.39 Å². The maximum Gasteiger partial charge on any atom is 0.123 e. The van der Waals surface area contributed by atoms with E-state index in [4.69, 9.17) is 4.74 Å². The molecule has 4 heteroatoms. The molecular formula is C17H27FN2O. The van der Waals surface area contributed by atoms with E-state index in [9.17, 15) is 4.39 Å². The molecule has 0 radical (unpaired) electrons. The van der Waals surface area contributed by atoms with Crippen molar-refractivity contribution < 1.29 is 9.13 Å². The van der Waals surface area contributed by atoms with Crippen molar-refractivity contribution in [2.24, 2.45) is 11.8 Å². The van der Waals surface area contributed by atoms with Gasteiger partial charge in [0.25, 0.3) is 0 Å². The summed E-state index contributed by atoms with van der Waals surface area (Å²) < 4.78 is 18.6. The Labute approximate surface area is 127 Å². The van der Waals surface area contributed by atoms with Crippen LogP contribution in [0.15, 0.2) is 18.2 Å². The highest BCUT2D eigenvalue weighted by atomic mass is 19.1. The molecule has 0 aliphatic carbocycles. The maximum atomic E-state index is 13.6. The SMILES string of the molecule is COCCNCc1cc(F)ccc1N1CC(C)CC(C)C1. The molecule has 0 aromatic heterocycles. The summed E-state index contributed by atoms with van der Waals surface area (Å²) in [6.07, 6.45) is 1.28. The number of rotatable bonds is 6. The second-order valence-electron chi connectivity index (χ2n) is 6.29. The van der Waals surface area contributed by atoms with Crippen LogP contribution in [0.4, 0.5) is 10.1 Å². The monoisotopic (exact) mass is 294 g/mol. The molecule has 1 aliphatic heterocycles. The van der Waals surface area contributed by atoms with E-state index in [1.807, 2.05) is 6.07 Å². The first-order valence-electron chi connectivity index (χ1n) is 7.83. The van der Waals surface area contributed by atoms with Gasteiger partial charge in [0.15, 0.2) is 0 Å². The van der Waals surface area contributed by atoms with E-state index in [0.29, 0.717) is 25.0 Å². The Bertz CT molecular complexity index is 442. The molecule has 0 bridgehead atoms. The zero-order valence-corrected chi connectivity index (χ0v) is 13.4. The summed E-state index contributed by atoms with van der Waals surface area (Å²) in [5.41, 5.74) is 2.20. The van der Waals surface area contributed by atoms with Crippen LogP contribution in [0, 0.1) is 17.7 Å². The van der Waals surface area contributed by atoms with Crippen molar-refractivity contribution in [1.82, 2.24) is 5.32 Å². The van der Waals surface area contributed by atoms with Gasteiger partial charge in [-0.1, -0.05) is 13.8 Å². The minimum absolute atomic E-state index is 0.166. The highest BCUT2D eigenvalue weighted by Gasteiger charge is 2.23. The second-order valence-corrected chi connectivity index (χ2v) is 6.29. The van der Waals surface area contributed by atoms with Crippen LogP contribution >= 0.6 is 0 Å². The van der Waals surface area contributed by atoms with Crippen LogP contribution in [0.2, 0.25) is 0 Å². The van der Waals surface area contributed by atoms with Gasteiger partial charge in [-0.05, 0) is 42.0 Å². The summed E-state index contributed by atoms with van der Waals surface area (Å²) >= 11 is 0. The van der Waals surface area contributed by atoms with Gasteiger partial charge < -0.3 is 15.0 Å². The third-order valence-corrected chi connectivity index (χ3v) is 4.05. The van der Waals surface area contributed by atoms with Gasteiger partial charge in [0, 0.05) is 39.0 Å². The second kappa shape index (κ2) is 7.76. The molecule has 1 N–H and O–H groups in total. The van der Waals surface area contributed by atoms with Crippen LogP contribution in [0.1, 0.15) is 25.8 Å². The molecule has 1 fully saturated rings. The van der Waals surface area contributed by atoms with Crippen molar-refractivity contribution in [3.05, 3.63) is 29.6 Å². The number of methoxy groups -OCH3 is 1. The smallest absolute Gasteiger partial charge is 0.123 e. The lowest BCUT2D eigenvalue weighted by Crippen LogP contribution is -2.39. The summed E-state index contributed by atoms with van der Waals surface area (Å²) in [5, 5.41) is 3.31. The maximum absolute atomic E-state index is 13.6. The fraction of sp³-hybridized carbons (Fsp3) is 0.647. The van der Waals surface area contributed by atoms with Crippen LogP contribution in [0.25, 0.3) is 0 Å². The molecule has 1 aromatic carbocycles. The zero-order valence-electron chi connectivity index (χ0n) is 13.4. The Hall–Kier alpha value is -1.13. The molecule has 3 nitrogen and oxygen atoms in total. The van der Waals surface area contributed by atoms with Gasteiger partial charge in [-0.2, -0.15) is 0 Å². The number of nitrogens with one attached hydrogen (secondary N) is 1. The summed E-state index contributed by atoms with van der Waals surface area (Å²) in [7, 11) is 1.69. The zero-order chi connectivity index (χ0) is 15.2. The molecule has 2 atom stereocenters. The molecule has 0 amide bonds. The van der Waals surface area contributed by atoms with Crippen molar-refractivity contribution in [1.29, 1.82) is 0 Å². The van der Waals surface area contributed by atoms with Gasteiger partial charge in [0.1, 0.15) is 5.82 Å².